The van der Waals surface area contributed by atoms with Gasteiger partial charge in [-0.1, -0.05) is 37.5 Å². The van der Waals surface area contributed by atoms with E-state index < -0.39 is 0 Å². The van der Waals surface area contributed by atoms with Crippen molar-refractivity contribution in [3.8, 4) is 0 Å². The third-order valence-corrected chi connectivity index (χ3v) is 5.77. The molecule has 3 rings (SSSR count). The van der Waals surface area contributed by atoms with Gasteiger partial charge in [0.15, 0.2) is 0 Å². The average Bonchev–Trinajstić information content (AvgIpc) is 2.72. The minimum absolute atomic E-state index is 0.166. The Morgan fingerprint density at radius 3 is 2.59 bits per heavy atom. The van der Waals surface area contributed by atoms with E-state index in [0.29, 0.717) is 12.1 Å². The van der Waals surface area contributed by atoms with E-state index in [2.05, 4.69) is 15.1 Å². The Morgan fingerprint density at radius 2 is 1.85 bits per heavy atom. The highest BCUT2D eigenvalue weighted by Gasteiger charge is 2.24. The normalized spacial score (nSPS) is 20.2. The van der Waals surface area contributed by atoms with Crippen LogP contribution in [0.1, 0.15) is 44.1 Å². The SMILES string of the molecule is O=C(/C=C/c1ccccc1F)NCCCN1CCN(C2CCCCC2)CC1. The number of nitrogens with one attached hydrogen (secondary N) is 1. The number of hydrogen-bond acceptors (Lipinski definition) is 3. The Morgan fingerprint density at radius 1 is 1.11 bits per heavy atom. The number of halogens is 1. The summed E-state index contributed by atoms with van der Waals surface area (Å²) in [6, 6.07) is 7.27. The second-order valence-corrected chi connectivity index (χ2v) is 7.67. The number of carbonyl (C=O) groups is 1. The van der Waals surface area contributed by atoms with E-state index in [4.69, 9.17) is 0 Å². The van der Waals surface area contributed by atoms with E-state index in [1.807, 2.05) is 0 Å². The molecular formula is C22H32FN3O. The summed E-state index contributed by atoms with van der Waals surface area (Å²) >= 11 is 0. The molecule has 4 nitrogen and oxygen atoms in total. The van der Waals surface area contributed by atoms with Crippen molar-refractivity contribution in [1.82, 2.24) is 15.1 Å². The van der Waals surface area contributed by atoms with Gasteiger partial charge in [-0.3, -0.25) is 9.69 Å². The van der Waals surface area contributed by atoms with Crippen LogP contribution in [0.5, 0.6) is 0 Å². The van der Waals surface area contributed by atoms with Gasteiger partial charge in [-0.2, -0.15) is 0 Å². The molecule has 0 unspecified atom stereocenters. The van der Waals surface area contributed by atoms with Crippen LogP contribution < -0.4 is 5.32 Å². The molecule has 0 bridgehead atoms. The minimum atomic E-state index is -0.311. The zero-order chi connectivity index (χ0) is 18.9. The van der Waals surface area contributed by atoms with E-state index in [9.17, 15) is 9.18 Å². The van der Waals surface area contributed by atoms with Crippen molar-refractivity contribution in [1.29, 1.82) is 0 Å². The van der Waals surface area contributed by atoms with Crippen LogP contribution >= 0.6 is 0 Å². The van der Waals surface area contributed by atoms with Crippen molar-refractivity contribution in [2.45, 2.75) is 44.6 Å². The van der Waals surface area contributed by atoms with Gasteiger partial charge in [-0.05, 0) is 37.9 Å². The van der Waals surface area contributed by atoms with Crippen molar-refractivity contribution < 1.29 is 9.18 Å². The molecule has 27 heavy (non-hydrogen) atoms. The fourth-order valence-electron chi connectivity index (χ4n) is 4.15. The van der Waals surface area contributed by atoms with Crippen LogP contribution in [0.4, 0.5) is 4.39 Å². The quantitative estimate of drug-likeness (QED) is 0.588. The minimum Gasteiger partial charge on any atom is -0.353 e. The van der Waals surface area contributed by atoms with Gasteiger partial charge in [0.2, 0.25) is 5.91 Å². The number of hydrogen-bond donors (Lipinski definition) is 1. The topological polar surface area (TPSA) is 35.6 Å². The lowest BCUT2D eigenvalue weighted by atomic mass is 9.94. The molecule has 1 aliphatic heterocycles. The lowest BCUT2D eigenvalue weighted by Crippen LogP contribution is -2.51. The predicted octanol–water partition coefficient (Wildman–Crippen LogP) is 3.30. The summed E-state index contributed by atoms with van der Waals surface area (Å²) in [6.45, 7) is 6.32. The molecule has 1 saturated carbocycles. The number of piperazine rings is 1. The molecule has 0 atom stereocenters. The van der Waals surface area contributed by atoms with Gasteiger partial charge in [0, 0.05) is 50.4 Å². The molecule has 5 heteroatoms. The van der Waals surface area contributed by atoms with Gasteiger partial charge in [-0.25, -0.2) is 4.39 Å². The molecule has 0 radical (unpaired) electrons. The third-order valence-electron chi connectivity index (χ3n) is 5.77. The maximum atomic E-state index is 13.5. The summed E-state index contributed by atoms with van der Waals surface area (Å²) in [5.41, 5.74) is 0.434. The molecule has 1 amide bonds. The van der Waals surface area contributed by atoms with Crippen LogP contribution in [0.25, 0.3) is 6.08 Å². The lowest BCUT2D eigenvalue weighted by molar-refractivity contribution is -0.116. The highest BCUT2D eigenvalue weighted by Crippen LogP contribution is 2.23. The molecule has 0 aromatic heterocycles. The molecule has 1 N–H and O–H groups in total. The zero-order valence-corrected chi connectivity index (χ0v) is 16.2. The predicted molar refractivity (Wildman–Crippen MR) is 108 cm³/mol. The van der Waals surface area contributed by atoms with E-state index in [-0.39, 0.29) is 11.7 Å². The van der Waals surface area contributed by atoms with E-state index in [0.717, 1.165) is 32.1 Å². The largest absolute Gasteiger partial charge is 0.353 e. The Bertz CT molecular complexity index is 620. The first-order chi connectivity index (χ1) is 13.2. The fourth-order valence-corrected chi connectivity index (χ4v) is 4.15. The highest BCUT2D eigenvalue weighted by atomic mass is 19.1. The highest BCUT2D eigenvalue weighted by molar-refractivity contribution is 5.91. The summed E-state index contributed by atoms with van der Waals surface area (Å²) < 4.78 is 13.5. The number of carbonyl (C=O) groups excluding carboxylic acids is 1. The van der Waals surface area contributed by atoms with Crippen molar-refractivity contribution in [3.63, 3.8) is 0 Å². The van der Waals surface area contributed by atoms with Crippen LogP contribution in [-0.2, 0) is 4.79 Å². The molecule has 1 saturated heterocycles. The maximum absolute atomic E-state index is 13.5. The fraction of sp³-hybridized carbons (Fsp3) is 0.591. The van der Waals surface area contributed by atoms with Crippen LogP contribution in [0.3, 0.4) is 0 Å². The Labute approximate surface area is 162 Å². The van der Waals surface area contributed by atoms with E-state index in [1.54, 1.807) is 18.2 Å². The standard InChI is InChI=1S/C22H32FN3O/c23-21-10-5-4-7-19(21)11-12-22(27)24-13-6-14-25-15-17-26(18-16-25)20-8-2-1-3-9-20/h4-5,7,10-12,20H,1-3,6,8-9,13-18H2,(H,24,27)/b12-11+. The third kappa shape index (κ3) is 6.43. The Kier molecular flexibility index (Phi) is 7.84. The zero-order valence-electron chi connectivity index (χ0n) is 16.2. The number of benzene rings is 1. The maximum Gasteiger partial charge on any atom is 0.244 e. The number of nitrogens with zero attached hydrogens (tertiary/aromatic N) is 2. The molecule has 1 aromatic rings. The lowest BCUT2D eigenvalue weighted by Gasteiger charge is -2.40. The van der Waals surface area contributed by atoms with Crippen LogP contribution in [0.2, 0.25) is 0 Å². The molecule has 148 valence electrons. The van der Waals surface area contributed by atoms with E-state index in [1.165, 1.54) is 63.4 Å². The van der Waals surface area contributed by atoms with Gasteiger partial charge in [0.1, 0.15) is 5.82 Å². The first-order valence-electron chi connectivity index (χ1n) is 10.4. The van der Waals surface area contributed by atoms with Crippen LogP contribution in [0.15, 0.2) is 30.3 Å². The molecule has 2 fully saturated rings. The Hall–Kier alpha value is -1.72. The molecule has 1 aromatic carbocycles. The molecular weight excluding hydrogens is 341 g/mol. The number of rotatable bonds is 7. The van der Waals surface area contributed by atoms with E-state index >= 15 is 0 Å². The Balaban J connectivity index is 1.28. The number of amides is 1. The molecule has 1 heterocycles. The summed E-state index contributed by atoms with van der Waals surface area (Å²) in [7, 11) is 0. The monoisotopic (exact) mass is 373 g/mol. The van der Waals surface area contributed by atoms with Gasteiger partial charge in [-0.15, -0.1) is 0 Å². The molecule has 0 spiro atoms. The van der Waals surface area contributed by atoms with Gasteiger partial charge in [0.05, 0.1) is 0 Å². The summed E-state index contributed by atoms with van der Waals surface area (Å²) in [6.07, 6.45) is 10.8. The van der Waals surface area contributed by atoms with Crippen LogP contribution in [0, 0.1) is 5.82 Å². The summed E-state index contributed by atoms with van der Waals surface area (Å²) in [5.74, 6) is -0.478. The first-order valence-corrected chi connectivity index (χ1v) is 10.4. The van der Waals surface area contributed by atoms with Crippen molar-refractivity contribution in [2.24, 2.45) is 0 Å². The smallest absolute Gasteiger partial charge is 0.244 e. The van der Waals surface area contributed by atoms with Gasteiger partial charge < -0.3 is 10.2 Å². The average molecular weight is 374 g/mol. The molecule has 1 aliphatic carbocycles. The van der Waals surface area contributed by atoms with Crippen LogP contribution in [-0.4, -0.2) is 61.0 Å². The van der Waals surface area contributed by atoms with Crippen molar-refractivity contribution in [2.75, 3.05) is 39.3 Å². The first kappa shape index (κ1) is 20.0. The second-order valence-electron chi connectivity index (χ2n) is 7.67. The summed E-state index contributed by atoms with van der Waals surface area (Å²) in [5, 5.41) is 2.89. The van der Waals surface area contributed by atoms with Gasteiger partial charge >= 0.3 is 0 Å². The van der Waals surface area contributed by atoms with Gasteiger partial charge in [0.25, 0.3) is 0 Å². The molecule has 2 aliphatic rings. The summed E-state index contributed by atoms with van der Waals surface area (Å²) in [4.78, 5) is 17.0. The second kappa shape index (κ2) is 10.6. The van der Waals surface area contributed by atoms with Crippen molar-refractivity contribution in [3.05, 3.63) is 41.7 Å². The van der Waals surface area contributed by atoms with Crippen molar-refractivity contribution >= 4 is 12.0 Å².